The van der Waals surface area contributed by atoms with Gasteiger partial charge < -0.3 is 4.42 Å². The number of carbonyl (C=O) groups excluding carboxylic acids is 1. The Morgan fingerprint density at radius 2 is 2.23 bits per heavy atom. The molecule has 1 aromatic heterocycles. The van der Waals surface area contributed by atoms with Crippen LogP contribution in [-0.2, 0) is 10.3 Å². The van der Waals surface area contributed by atoms with Crippen LogP contribution in [-0.4, -0.2) is 11.1 Å². The molecular formula is C9H10N2O2. The summed E-state index contributed by atoms with van der Waals surface area (Å²) >= 11 is 0. The van der Waals surface area contributed by atoms with E-state index in [2.05, 4.69) is 9.98 Å². The van der Waals surface area contributed by atoms with Crippen LogP contribution in [0, 0.1) is 13.8 Å². The molecule has 68 valence electrons. The zero-order valence-corrected chi connectivity index (χ0v) is 7.63. The summed E-state index contributed by atoms with van der Waals surface area (Å²) in [5.74, 6) is 1.35. The smallest absolute Gasteiger partial charge is 0.236 e. The van der Waals surface area contributed by atoms with E-state index in [4.69, 9.17) is 4.42 Å². The lowest BCUT2D eigenvalue weighted by Gasteiger charge is -1.98. The van der Waals surface area contributed by atoms with Crippen molar-refractivity contribution in [2.24, 2.45) is 4.99 Å². The van der Waals surface area contributed by atoms with Crippen molar-refractivity contribution in [2.45, 2.75) is 32.2 Å². The van der Waals surface area contributed by atoms with Crippen molar-refractivity contribution < 1.29 is 9.21 Å². The fourth-order valence-electron chi connectivity index (χ4n) is 1.25. The maximum Gasteiger partial charge on any atom is 0.236 e. The summed E-state index contributed by atoms with van der Waals surface area (Å²) in [6.07, 6.45) is 3.24. The topological polar surface area (TPSA) is 55.5 Å². The second-order valence-corrected chi connectivity index (χ2v) is 3.40. The molecule has 0 saturated heterocycles. The van der Waals surface area contributed by atoms with E-state index in [1.54, 1.807) is 6.08 Å². The third kappa shape index (κ3) is 1.19. The molecule has 1 aliphatic rings. The summed E-state index contributed by atoms with van der Waals surface area (Å²) in [7, 11) is 0. The van der Waals surface area contributed by atoms with Crippen LogP contribution in [0.15, 0.2) is 9.41 Å². The molecule has 0 radical (unpaired) electrons. The zero-order valence-electron chi connectivity index (χ0n) is 7.63. The highest BCUT2D eigenvalue weighted by atomic mass is 16.4. The quantitative estimate of drug-likeness (QED) is 0.510. The Kier molecular flexibility index (Phi) is 1.60. The molecule has 4 nitrogen and oxygen atoms in total. The third-order valence-corrected chi connectivity index (χ3v) is 2.41. The fraction of sp³-hybridized carbons (Fsp3) is 0.556. The molecule has 1 heterocycles. The van der Waals surface area contributed by atoms with E-state index in [1.165, 1.54) is 0 Å². The van der Waals surface area contributed by atoms with Gasteiger partial charge in [0.15, 0.2) is 0 Å². The highest BCUT2D eigenvalue weighted by molar-refractivity contribution is 5.38. The van der Waals surface area contributed by atoms with Gasteiger partial charge in [0, 0.05) is 0 Å². The number of aliphatic imine (C=N–C) groups is 1. The summed E-state index contributed by atoms with van der Waals surface area (Å²) in [5, 5.41) is 0. The number of hydrogen-bond donors (Lipinski definition) is 0. The molecule has 1 aromatic rings. The van der Waals surface area contributed by atoms with Crippen LogP contribution in [0.3, 0.4) is 0 Å². The van der Waals surface area contributed by atoms with Crippen molar-refractivity contribution in [3.8, 4) is 0 Å². The van der Waals surface area contributed by atoms with Crippen molar-refractivity contribution in [1.82, 2.24) is 4.98 Å². The lowest BCUT2D eigenvalue weighted by Crippen LogP contribution is -2.02. The van der Waals surface area contributed by atoms with E-state index in [1.807, 2.05) is 13.8 Å². The molecule has 0 aliphatic heterocycles. The Morgan fingerprint density at radius 1 is 1.54 bits per heavy atom. The first-order valence-corrected chi connectivity index (χ1v) is 4.21. The van der Waals surface area contributed by atoms with Crippen LogP contribution in [0.5, 0.6) is 0 Å². The molecule has 0 N–H and O–H groups in total. The normalized spacial score (nSPS) is 18.0. The van der Waals surface area contributed by atoms with Crippen molar-refractivity contribution in [2.75, 3.05) is 0 Å². The second-order valence-electron chi connectivity index (χ2n) is 3.40. The standard InChI is InChI=1S/C9H10N2O2/c1-6-7(2)13-8(11-6)9(3-4-9)10-5-12/h3-4H2,1-2H3. The average molecular weight is 178 g/mol. The van der Waals surface area contributed by atoms with E-state index < -0.39 is 5.54 Å². The maximum absolute atomic E-state index is 10.2. The SMILES string of the molecule is Cc1nc(C2(N=C=O)CC2)oc1C. The lowest BCUT2D eigenvalue weighted by molar-refractivity contribution is 0.422. The Bertz CT molecular complexity index is 365. The summed E-state index contributed by atoms with van der Waals surface area (Å²) < 4.78 is 5.41. The summed E-state index contributed by atoms with van der Waals surface area (Å²) in [4.78, 5) is 18.1. The number of hydrogen-bond acceptors (Lipinski definition) is 4. The summed E-state index contributed by atoms with van der Waals surface area (Å²) in [5.41, 5.74) is 0.392. The summed E-state index contributed by atoms with van der Waals surface area (Å²) in [6, 6.07) is 0. The number of rotatable bonds is 2. The minimum Gasteiger partial charge on any atom is -0.443 e. The minimum atomic E-state index is -0.471. The van der Waals surface area contributed by atoms with Gasteiger partial charge in [-0.3, -0.25) is 0 Å². The molecule has 2 rings (SSSR count). The van der Waals surface area contributed by atoms with Crippen LogP contribution >= 0.6 is 0 Å². The number of aromatic nitrogens is 1. The Balaban J connectivity index is 2.40. The number of isocyanates is 1. The number of nitrogens with zero attached hydrogens (tertiary/aromatic N) is 2. The molecule has 1 saturated carbocycles. The minimum absolute atomic E-state index is 0.471. The molecule has 0 amide bonds. The molecule has 1 aliphatic carbocycles. The van der Waals surface area contributed by atoms with E-state index in [-0.39, 0.29) is 0 Å². The molecule has 1 fully saturated rings. The van der Waals surface area contributed by atoms with Gasteiger partial charge in [-0.2, -0.15) is 4.99 Å². The molecule has 13 heavy (non-hydrogen) atoms. The van der Waals surface area contributed by atoms with Gasteiger partial charge in [0.2, 0.25) is 12.0 Å². The van der Waals surface area contributed by atoms with Gasteiger partial charge in [0.25, 0.3) is 0 Å². The van der Waals surface area contributed by atoms with Gasteiger partial charge in [-0.1, -0.05) is 0 Å². The largest absolute Gasteiger partial charge is 0.443 e. The van der Waals surface area contributed by atoms with E-state index >= 15 is 0 Å². The molecule has 0 spiro atoms. The van der Waals surface area contributed by atoms with E-state index in [0.717, 1.165) is 24.3 Å². The lowest BCUT2D eigenvalue weighted by atomic mass is 10.3. The van der Waals surface area contributed by atoms with Crippen LogP contribution in [0.2, 0.25) is 0 Å². The number of aryl methyl sites for hydroxylation is 2. The van der Waals surface area contributed by atoms with Crippen molar-refractivity contribution in [1.29, 1.82) is 0 Å². The van der Waals surface area contributed by atoms with Gasteiger partial charge in [0.05, 0.1) is 5.69 Å². The predicted octanol–water partition coefficient (Wildman–Crippen LogP) is 1.62. The average Bonchev–Trinajstić information content (AvgIpc) is 2.78. The van der Waals surface area contributed by atoms with Crippen LogP contribution in [0.4, 0.5) is 0 Å². The third-order valence-electron chi connectivity index (χ3n) is 2.41. The number of oxazole rings is 1. The first kappa shape index (κ1) is 8.20. The van der Waals surface area contributed by atoms with Crippen LogP contribution in [0.1, 0.15) is 30.2 Å². The van der Waals surface area contributed by atoms with Gasteiger partial charge >= 0.3 is 0 Å². The highest BCUT2D eigenvalue weighted by Gasteiger charge is 2.49. The fourth-order valence-corrected chi connectivity index (χ4v) is 1.25. The van der Waals surface area contributed by atoms with Crippen molar-refractivity contribution in [3.63, 3.8) is 0 Å². The molecule has 0 aromatic carbocycles. The molecular weight excluding hydrogens is 168 g/mol. The van der Waals surface area contributed by atoms with Crippen molar-refractivity contribution in [3.05, 3.63) is 17.3 Å². The first-order valence-electron chi connectivity index (χ1n) is 4.21. The molecule has 4 heteroatoms. The van der Waals surface area contributed by atoms with Gasteiger partial charge in [-0.25, -0.2) is 9.78 Å². The monoisotopic (exact) mass is 178 g/mol. The van der Waals surface area contributed by atoms with Crippen LogP contribution in [0.25, 0.3) is 0 Å². The summed E-state index contributed by atoms with van der Waals surface area (Å²) in [6.45, 7) is 3.73. The van der Waals surface area contributed by atoms with Gasteiger partial charge in [-0.05, 0) is 26.7 Å². The van der Waals surface area contributed by atoms with E-state index in [0.29, 0.717) is 5.89 Å². The molecule has 0 unspecified atom stereocenters. The second kappa shape index (κ2) is 2.54. The van der Waals surface area contributed by atoms with E-state index in [9.17, 15) is 4.79 Å². The highest BCUT2D eigenvalue weighted by Crippen LogP contribution is 2.48. The predicted molar refractivity (Wildman–Crippen MR) is 45.0 cm³/mol. The first-order chi connectivity index (χ1) is 6.18. The Labute approximate surface area is 75.7 Å². The zero-order chi connectivity index (χ0) is 9.47. The van der Waals surface area contributed by atoms with Crippen molar-refractivity contribution >= 4 is 6.08 Å². The van der Waals surface area contributed by atoms with Gasteiger partial charge in [-0.15, -0.1) is 0 Å². The van der Waals surface area contributed by atoms with Crippen LogP contribution < -0.4 is 0 Å². The molecule has 0 atom stereocenters. The Hall–Kier alpha value is -1.41. The Morgan fingerprint density at radius 3 is 2.62 bits per heavy atom. The van der Waals surface area contributed by atoms with Gasteiger partial charge in [0.1, 0.15) is 11.3 Å². The molecule has 0 bridgehead atoms. The maximum atomic E-state index is 10.2.